The molecule has 2 heterocycles. The summed E-state index contributed by atoms with van der Waals surface area (Å²) in [4.78, 5) is 20.2. The number of halogens is 1. The second-order valence-electron chi connectivity index (χ2n) is 9.74. The van der Waals surface area contributed by atoms with E-state index in [1.165, 1.54) is 6.20 Å². The van der Waals surface area contributed by atoms with Gasteiger partial charge in [0.15, 0.2) is 0 Å². The standard InChI is InChI=1S/C29H35ClN2O5S/c1-36-20-8-9-23-21(18-20)27(22(30)19-31-23)24(33)10-11-29(28(34)35)12-15-32(16-13-29)14-5-17-38-26-7-4-3-6-25(26)37-2/h3-4,6-9,18-19,24,33H,5,10-17H2,1-2H3,(H,34,35). The van der Waals surface area contributed by atoms with Crippen LogP contribution in [0.4, 0.5) is 0 Å². The molecule has 1 aromatic heterocycles. The van der Waals surface area contributed by atoms with Crippen molar-refractivity contribution in [3.63, 3.8) is 0 Å². The van der Waals surface area contributed by atoms with Gasteiger partial charge in [0.2, 0.25) is 0 Å². The number of hydrogen-bond donors (Lipinski definition) is 2. The number of fused-ring (bicyclic) bond motifs is 1. The van der Waals surface area contributed by atoms with Crippen LogP contribution in [0.15, 0.2) is 53.6 Å². The predicted molar refractivity (Wildman–Crippen MR) is 152 cm³/mol. The van der Waals surface area contributed by atoms with Crippen LogP contribution in [-0.2, 0) is 4.79 Å². The number of aliphatic hydroxyl groups excluding tert-OH is 1. The Labute approximate surface area is 233 Å². The Morgan fingerprint density at radius 3 is 2.66 bits per heavy atom. The van der Waals surface area contributed by atoms with E-state index in [1.807, 2.05) is 36.4 Å². The lowest BCUT2D eigenvalue weighted by atomic mass is 9.74. The van der Waals surface area contributed by atoms with Gasteiger partial charge >= 0.3 is 5.97 Å². The number of nitrogens with zero attached hydrogens (tertiary/aromatic N) is 2. The highest BCUT2D eigenvalue weighted by Crippen LogP contribution is 2.41. The molecule has 0 radical (unpaired) electrons. The van der Waals surface area contributed by atoms with Crippen molar-refractivity contribution in [2.75, 3.05) is 39.6 Å². The summed E-state index contributed by atoms with van der Waals surface area (Å²) in [6.07, 6.45) is 3.45. The van der Waals surface area contributed by atoms with Gasteiger partial charge in [0.05, 0.1) is 36.3 Å². The average Bonchev–Trinajstić information content (AvgIpc) is 2.94. The smallest absolute Gasteiger partial charge is 0.309 e. The summed E-state index contributed by atoms with van der Waals surface area (Å²) in [5.74, 6) is 1.72. The van der Waals surface area contributed by atoms with Crippen molar-refractivity contribution in [3.8, 4) is 11.5 Å². The number of ether oxygens (including phenoxy) is 2. The van der Waals surface area contributed by atoms with Crippen molar-refractivity contribution in [1.29, 1.82) is 0 Å². The number of rotatable bonds is 12. The Kier molecular flexibility index (Phi) is 9.76. The number of aliphatic hydroxyl groups is 1. The number of carbonyl (C=O) groups is 1. The van der Waals surface area contributed by atoms with E-state index in [2.05, 4.69) is 16.0 Å². The molecule has 1 saturated heterocycles. The molecule has 2 N–H and O–H groups in total. The minimum Gasteiger partial charge on any atom is -0.497 e. The third kappa shape index (κ3) is 6.54. The molecule has 2 aromatic carbocycles. The molecule has 0 aliphatic carbocycles. The number of thioether (sulfide) groups is 1. The van der Waals surface area contributed by atoms with Crippen LogP contribution in [0.2, 0.25) is 5.02 Å². The number of aliphatic carboxylic acids is 1. The van der Waals surface area contributed by atoms with E-state index in [4.69, 9.17) is 21.1 Å². The van der Waals surface area contributed by atoms with E-state index in [0.29, 0.717) is 47.5 Å². The number of carboxylic acids is 1. The van der Waals surface area contributed by atoms with Gasteiger partial charge in [-0.05, 0) is 87.8 Å². The van der Waals surface area contributed by atoms with Crippen LogP contribution in [0, 0.1) is 5.41 Å². The highest BCUT2D eigenvalue weighted by molar-refractivity contribution is 7.99. The van der Waals surface area contributed by atoms with E-state index < -0.39 is 17.5 Å². The number of benzene rings is 2. The van der Waals surface area contributed by atoms with Crippen molar-refractivity contribution in [3.05, 3.63) is 59.2 Å². The first kappa shape index (κ1) is 28.5. The molecular formula is C29H35ClN2O5S. The zero-order chi connectivity index (χ0) is 27.1. The summed E-state index contributed by atoms with van der Waals surface area (Å²) in [7, 11) is 3.27. The zero-order valence-corrected chi connectivity index (χ0v) is 23.4. The van der Waals surface area contributed by atoms with E-state index in [9.17, 15) is 15.0 Å². The highest BCUT2D eigenvalue weighted by Gasteiger charge is 2.41. The van der Waals surface area contributed by atoms with Crippen LogP contribution < -0.4 is 9.47 Å². The fraction of sp³-hybridized carbons (Fsp3) is 0.448. The third-order valence-corrected chi connectivity index (χ3v) is 8.95. The fourth-order valence-electron chi connectivity index (χ4n) is 5.17. The van der Waals surface area contributed by atoms with Gasteiger partial charge in [-0.25, -0.2) is 0 Å². The number of aromatic nitrogens is 1. The number of likely N-dealkylation sites (tertiary alicyclic amines) is 1. The lowest BCUT2D eigenvalue weighted by Gasteiger charge is -2.39. The van der Waals surface area contributed by atoms with Gasteiger partial charge in [-0.3, -0.25) is 9.78 Å². The molecule has 1 fully saturated rings. The summed E-state index contributed by atoms with van der Waals surface area (Å²) >= 11 is 8.23. The lowest BCUT2D eigenvalue weighted by molar-refractivity contribution is -0.153. The second-order valence-corrected chi connectivity index (χ2v) is 11.3. The number of para-hydroxylation sites is 1. The Morgan fingerprint density at radius 2 is 1.95 bits per heavy atom. The predicted octanol–water partition coefficient (Wildman–Crippen LogP) is 6.07. The molecule has 38 heavy (non-hydrogen) atoms. The van der Waals surface area contributed by atoms with Crippen LogP contribution in [0.1, 0.15) is 43.8 Å². The highest BCUT2D eigenvalue weighted by atomic mass is 35.5. The molecule has 7 nitrogen and oxygen atoms in total. The average molecular weight is 559 g/mol. The molecule has 0 saturated carbocycles. The molecule has 0 amide bonds. The quantitative estimate of drug-likeness (QED) is 0.204. The van der Waals surface area contributed by atoms with Gasteiger partial charge in [0.1, 0.15) is 11.5 Å². The first-order valence-corrected chi connectivity index (χ1v) is 14.2. The molecule has 0 spiro atoms. The van der Waals surface area contributed by atoms with Gasteiger partial charge in [0, 0.05) is 22.0 Å². The van der Waals surface area contributed by atoms with Crippen LogP contribution in [0.3, 0.4) is 0 Å². The molecule has 1 atom stereocenters. The SMILES string of the molecule is COc1ccc2ncc(Cl)c(C(O)CCC3(C(=O)O)CCN(CCCSc4ccccc4OC)CC3)c2c1. The molecule has 1 aliphatic rings. The van der Waals surface area contributed by atoms with E-state index >= 15 is 0 Å². The lowest BCUT2D eigenvalue weighted by Crippen LogP contribution is -2.44. The Balaban J connectivity index is 1.33. The first-order valence-electron chi connectivity index (χ1n) is 12.9. The molecule has 4 rings (SSSR count). The normalized spacial score (nSPS) is 16.3. The number of methoxy groups -OCH3 is 2. The molecule has 3 aromatic rings. The van der Waals surface area contributed by atoms with E-state index in [0.717, 1.165) is 47.8 Å². The molecular weight excluding hydrogens is 524 g/mol. The largest absolute Gasteiger partial charge is 0.497 e. The Hall–Kier alpha value is -2.52. The summed E-state index contributed by atoms with van der Waals surface area (Å²) in [6, 6.07) is 13.5. The van der Waals surface area contributed by atoms with Gasteiger partial charge in [-0.2, -0.15) is 0 Å². The van der Waals surface area contributed by atoms with Crippen molar-refractivity contribution in [2.45, 2.75) is 43.1 Å². The van der Waals surface area contributed by atoms with Crippen LogP contribution in [0.5, 0.6) is 11.5 Å². The maximum atomic E-state index is 12.4. The van der Waals surface area contributed by atoms with Gasteiger partial charge in [-0.1, -0.05) is 23.7 Å². The molecule has 1 aliphatic heterocycles. The van der Waals surface area contributed by atoms with Gasteiger partial charge < -0.3 is 24.6 Å². The van der Waals surface area contributed by atoms with Crippen molar-refractivity contribution in [2.24, 2.45) is 5.41 Å². The fourth-order valence-corrected chi connectivity index (χ4v) is 6.41. The second kappa shape index (κ2) is 13.0. The van der Waals surface area contributed by atoms with Crippen LogP contribution >= 0.6 is 23.4 Å². The molecule has 204 valence electrons. The van der Waals surface area contributed by atoms with E-state index in [1.54, 1.807) is 26.0 Å². The number of pyridine rings is 1. The van der Waals surface area contributed by atoms with Crippen LogP contribution in [0.25, 0.3) is 10.9 Å². The monoisotopic (exact) mass is 558 g/mol. The summed E-state index contributed by atoms with van der Waals surface area (Å²) in [5, 5.41) is 22.4. The molecule has 0 bridgehead atoms. The Bertz CT molecular complexity index is 1250. The summed E-state index contributed by atoms with van der Waals surface area (Å²) < 4.78 is 10.8. The molecule has 9 heteroatoms. The number of piperidine rings is 1. The maximum Gasteiger partial charge on any atom is 0.309 e. The minimum absolute atomic E-state index is 0.303. The van der Waals surface area contributed by atoms with Gasteiger partial charge in [0.25, 0.3) is 0 Å². The maximum absolute atomic E-state index is 12.4. The first-order chi connectivity index (χ1) is 18.4. The summed E-state index contributed by atoms with van der Waals surface area (Å²) in [6.45, 7) is 2.40. The van der Waals surface area contributed by atoms with E-state index in [-0.39, 0.29) is 0 Å². The van der Waals surface area contributed by atoms with Crippen molar-refractivity contribution >= 4 is 40.2 Å². The van der Waals surface area contributed by atoms with Gasteiger partial charge in [-0.15, -0.1) is 11.8 Å². The topological polar surface area (TPSA) is 92.1 Å². The van der Waals surface area contributed by atoms with Crippen LogP contribution in [-0.4, -0.2) is 65.7 Å². The van der Waals surface area contributed by atoms with Crippen molar-refractivity contribution < 1.29 is 24.5 Å². The zero-order valence-electron chi connectivity index (χ0n) is 21.9. The number of hydrogen-bond acceptors (Lipinski definition) is 7. The van der Waals surface area contributed by atoms with Crippen molar-refractivity contribution in [1.82, 2.24) is 9.88 Å². The minimum atomic E-state index is -0.902. The number of carboxylic acid groups (broad SMARTS) is 1. The Morgan fingerprint density at radius 1 is 1.18 bits per heavy atom. The molecule has 1 unspecified atom stereocenters. The third-order valence-electron chi connectivity index (χ3n) is 7.51. The summed E-state index contributed by atoms with van der Waals surface area (Å²) in [5.41, 5.74) is 0.423.